The predicted molar refractivity (Wildman–Crippen MR) is 121 cm³/mol. The number of anilines is 1. The van der Waals surface area contributed by atoms with E-state index in [2.05, 4.69) is 23.7 Å². The van der Waals surface area contributed by atoms with Gasteiger partial charge >= 0.3 is 6.03 Å². The van der Waals surface area contributed by atoms with Gasteiger partial charge < -0.3 is 4.90 Å². The second-order valence-corrected chi connectivity index (χ2v) is 7.95. The molecule has 5 heteroatoms. The Morgan fingerprint density at radius 2 is 1.80 bits per heavy atom. The van der Waals surface area contributed by atoms with Gasteiger partial charge in [0.1, 0.15) is 0 Å². The van der Waals surface area contributed by atoms with Crippen LogP contribution in [0.5, 0.6) is 0 Å². The number of benzene rings is 2. The van der Waals surface area contributed by atoms with Gasteiger partial charge in [0.2, 0.25) is 0 Å². The Labute approximate surface area is 182 Å². The van der Waals surface area contributed by atoms with Crippen LogP contribution in [0.3, 0.4) is 0 Å². The molecule has 4 nitrogen and oxygen atoms in total. The Bertz CT molecular complexity index is 1120. The number of rotatable bonds is 2. The first-order chi connectivity index (χ1) is 14.5. The molecule has 1 aliphatic heterocycles. The fraction of sp³-hybridized carbons (Fsp3) is 0.200. The number of hydrogen-bond acceptors (Lipinski definition) is 2. The number of urea groups is 1. The van der Waals surface area contributed by atoms with E-state index in [1.165, 1.54) is 0 Å². The maximum Gasteiger partial charge on any atom is 0.324 e. The average molecular weight is 416 g/mol. The van der Waals surface area contributed by atoms with E-state index in [1.54, 1.807) is 16.0 Å². The van der Waals surface area contributed by atoms with Crippen LogP contribution in [-0.2, 0) is 5.54 Å². The van der Waals surface area contributed by atoms with Gasteiger partial charge in [0, 0.05) is 37.1 Å². The van der Waals surface area contributed by atoms with E-state index < -0.39 is 5.54 Å². The summed E-state index contributed by atoms with van der Waals surface area (Å²) < 4.78 is 0. The third-order valence-corrected chi connectivity index (χ3v) is 6.03. The second-order valence-electron chi connectivity index (χ2n) is 7.54. The lowest BCUT2D eigenvalue weighted by molar-refractivity contribution is 0.127. The topological polar surface area (TPSA) is 36.4 Å². The predicted octanol–water partition coefficient (Wildman–Crippen LogP) is 5.31. The molecular formula is C25H22ClN3O. The minimum absolute atomic E-state index is 0.0855. The zero-order valence-corrected chi connectivity index (χ0v) is 17.7. The molecular weight excluding hydrogens is 394 g/mol. The lowest BCUT2D eigenvalue weighted by atomic mass is 9.86. The molecule has 2 aromatic carbocycles. The summed E-state index contributed by atoms with van der Waals surface area (Å²) in [6.45, 7) is 2.65. The SMILES string of the molecule is CN1C(=O)N(c2ccc(C#Cc3ccccc3)cc2Cl)CCC1(C)c1cccnc1. The number of aromatic nitrogens is 1. The lowest BCUT2D eigenvalue weighted by Crippen LogP contribution is -2.57. The summed E-state index contributed by atoms with van der Waals surface area (Å²) in [6, 6.07) is 19.2. The number of halogens is 1. The van der Waals surface area contributed by atoms with Gasteiger partial charge in [0.05, 0.1) is 16.2 Å². The zero-order chi connectivity index (χ0) is 21.1. The summed E-state index contributed by atoms with van der Waals surface area (Å²) >= 11 is 6.56. The number of carbonyl (C=O) groups excluding carboxylic acids is 1. The molecule has 150 valence electrons. The molecule has 2 heterocycles. The highest BCUT2D eigenvalue weighted by Gasteiger charge is 2.42. The van der Waals surface area contributed by atoms with E-state index in [-0.39, 0.29) is 6.03 Å². The molecule has 1 atom stereocenters. The highest BCUT2D eigenvalue weighted by molar-refractivity contribution is 6.34. The van der Waals surface area contributed by atoms with Gasteiger partial charge in [-0.1, -0.05) is 47.7 Å². The number of hydrogen-bond donors (Lipinski definition) is 0. The van der Waals surface area contributed by atoms with Crippen molar-refractivity contribution in [2.24, 2.45) is 0 Å². The quantitative estimate of drug-likeness (QED) is 0.531. The van der Waals surface area contributed by atoms with Gasteiger partial charge in [-0.3, -0.25) is 9.88 Å². The summed E-state index contributed by atoms with van der Waals surface area (Å²) in [6.07, 6.45) is 4.34. The number of amides is 2. The van der Waals surface area contributed by atoms with E-state index in [1.807, 2.05) is 73.9 Å². The number of nitrogens with zero attached hydrogens (tertiary/aromatic N) is 3. The largest absolute Gasteiger partial charge is 0.324 e. The first kappa shape index (κ1) is 20.0. The third-order valence-electron chi connectivity index (χ3n) is 5.73. The molecule has 0 aliphatic carbocycles. The summed E-state index contributed by atoms with van der Waals surface area (Å²) in [7, 11) is 1.83. The first-order valence-electron chi connectivity index (χ1n) is 9.81. The van der Waals surface area contributed by atoms with Crippen molar-refractivity contribution in [2.45, 2.75) is 18.9 Å². The van der Waals surface area contributed by atoms with Crippen LogP contribution in [0, 0.1) is 11.8 Å². The monoisotopic (exact) mass is 415 g/mol. The molecule has 0 bridgehead atoms. The molecule has 30 heavy (non-hydrogen) atoms. The molecule has 1 aromatic heterocycles. The standard InChI is InChI=1S/C25H22ClN3O/c1-25(21-9-6-15-27-18-21)14-16-29(24(30)28(25)2)23-13-12-20(17-22(23)26)11-10-19-7-4-3-5-8-19/h3-9,12-13,15,17-18H,14,16H2,1-2H3. The third kappa shape index (κ3) is 3.77. The van der Waals surface area contributed by atoms with E-state index in [0.29, 0.717) is 17.3 Å². The Kier molecular flexibility index (Phi) is 5.48. The van der Waals surface area contributed by atoms with E-state index in [4.69, 9.17) is 11.6 Å². The molecule has 4 rings (SSSR count). The van der Waals surface area contributed by atoms with Crippen LogP contribution < -0.4 is 4.90 Å². The van der Waals surface area contributed by atoms with Gasteiger partial charge in [0.25, 0.3) is 0 Å². The van der Waals surface area contributed by atoms with Crippen LogP contribution in [0.4, 0.5) is 10.5 Å². The summed E-state index contributed by atoms with van der Waals surface area (Å²) in [5.74, 6) is 6.26. The molecule has 0 saturated carbocycles. The molecule has 0 N–H and O–H groups in total. The fourth-order valence-corrected chi connectivity index (χ4v) is 3.98. The van der Waals surface area contributed by atoms with Crippen LogP contribution in [0.25, 0.3) is 0 Å². The lowest BCUT2D eigenvalue weighted by Gasteiger charge is -2.47. The minimum Gasteiger partial charge on any atom is -0.318 e. The first-order valence-corrected chi connectivity index (χ1v) is 10.2. The van der Waals surface area contributed by atoms with Crippen LogP contribution in [0.2, 0.25) is 5.02 Å². The van der Waals surface area contributed by atoms with E-state index in [0.717, 1.165) is 23.1 Å². The van der Waals surface area contributed by atoms with Gasteiger partial charge in [0.15, 0.2) is 0 Å². The molecule has 2 amide bonds. The van der Waals surface area contributed by atoms with Crippen molar-refractivity contribution in [3.05, 3.63) is 94.8 Å². The Balaban J connectivity index is 1.57. The summed E-state index contributed by atoms with van der Waals surface area (Å²) in [5, 5.41) is 0.515. The second kappa shape index (κ2) is 8.22. The van der Waals surface area contributed by atoms with Crippen LogP contribution in [-0.4, -0.2) is 29.5 Å². The normalized spacial score (nSPS) is 18.7. The highest BCUT2D eigenvalue weighted by atomic mass is 35.5. The smallest absolute Gasteiger partial charge is 0.318 e. The van der Waals surface area contributed by atoms with Crippen molar-refractivity contribution in [1.82, 2.24) is 9.88 Å². The van der Waals surface area contributed by atoms with Crippen LogP contribution in [0.1, 0.15) is 30.0 Å². The van der Waals surface area contributed by atoms with Crippen molar-refractivity contribution < 1.29 is 4.79 Å². The molecule has 1 fully saturated rings. The maximum atomic E-state index is 13.2. The summed E-state index contributed by atoms with van der Waals surface area (Å²) in [5.41, 5.74) is 3.08. The Morgan fingerprint density at radius 1 is 1.03 bits per heavy atom. The van der Waals surface area contributed by atoms with E-state index >= 15 is 0 Å². The van der Waals surface area contributed by atoms with Gasteiger partial charge in [-0.2, -0.15) is 0 Å². The Hall–Kier alpha value is -3.29. The molecule has 0 spiro atoms. The van der Waals surface area contributed by atoms with Crippen LogP contribution >= 0.6 is 11.6 Å². The van der Waals surface area contributed by atoms with Crippen molar-refractivity contribution >= 4 is 23.3 Å². The molecule has 0 radical (unpaired) electrons. The minimum atomic E-state index is -0.407. The maximum absolute atomic E-state index is 13.2. The zero-order valence-electron chi connectivity index (χ0n) is 17.0. The average Bonchev–Trinajstić information content (AvgIpc) is 2.78. The van der Waals surface area contributed by atoms with Crippen LogP contribution in [0.15, 0.2) is 73.1 Å². The van der Waals surface area contributed by atoms with Gasteiger partial charge in [-0.15, -0.1) is 0 Å². The molecule has 3 aromatic rings. The fourth-order valence-electron chi connectivity index (χ4n) is 3.70. The molecule has 1 aliphatic rings. The van der Waals surface area contributed by atoms with E-state index in [9.17, 15) is 4.79 Å². The van der Waals surface area contributed by atoms with Crippen molar-refractivity contribution in [1.29, 1.82) is 0 Å². The Morgan fingerprint density at radius 3 is 2.50 bits per heavy atom. The van der Waals surface area contributed by atoms with Crippen molar-refractivity contribution in [3.63, 3.8) is 0 Å². The van der Waals surface area contributed by atoms with Gasteiger partial charge in [-0.05, 0) is 55.3 Å². The molecule has 1 saturated heterocycles. The number of pyridine rings is 1. The highest BCUT2D eigenvalue weighted by Crippen LogP contribution is 2.38. The van der Waals surface area contributed by atoms with Crippen molar-refractivity contribution in [2.75, 3.05) is 18.5 Å². The molecule has 1 unspecified atom stereocenters. The van der Waals surface area contributed by atoms with Crippen molar-refractivity contribution in [3.8, 4) is 11.8 Å². The summed E-state index contributed by atoms with van der Waals surface area (Å²) in [4.78, 5) is 20.9. The van der Waals surface area contributed by atoms with Gasteiger partial charge in [-0.25, -0.2) is 4.79 Å². The number of carbonyl (C=O) groups is 1.